The summed E-state index contributed by atoms with van der Waals surface area (Å²) in [5.74, 6) is -2.76. The zero-order chi connectivity index (χ0) is 22.0. The van der Waals surface area contributed by atoms with Crippen molar-refractivity contribution in [1.82, 2.24) is 9.21 Å². The largest absolute Gasteiger partial charge is 0.490 e. The highest BCUT2D eigenvalue weighted by molar-refractivity contribution is 7.90. The summed E-state index contributed by atoms with van der Waals surface area (Å²) in [5, 5.41) is 7.05. The van der Waals surface area contributed by atoms with Gasteiger partial charge in [-0.3, -0.25) is 4.90 Å². The molecule has 170 valence electrons. The molecule has 29 heavy (non-hydrogen) atoms. The van der Waals surface area contributed by atoms with E-state index in [1.54, 1.807) is 11.4 Å². The second-order valence-corrected chi connectivity index (χ2v) is 10.7. The number of carboxylic acid groups (broad SMARTS) is 1. The molecule has 1 aliphatic carbocycles. The maximum Gasteiger partial charge on any atom is 0.490 e. The number of piperidine rings is 1. The lowest BCUT2D eigenvalue weighted by molar-refractivity contribution is -0.192. The van der Waals surface area contributed by atoms with Crippen LogP contribution in [-0.2, 0) is 19.6 Å². The Morgan fingerprint density at radius 2 is 1.76 bits per heavy atom. The maximum absolute atomic E-state index is 12.4. The van der Waals surface area contributed by atoms with Crippen LogP contribution in [0, 0.1) is 5.41 Å². The number of carbonyl (C=O) groups is 1. The van der Waals surface area contributed by atoms with Crippen LogP contribution in [0.1, 0.15) is 46.0 Å². The van der Waals surface area contributed by atoms with Crippen LogP contribution in [0.2, 0.25) is 0 Å². The monoisotopic (exact) mass is 444 g/mol. The lowest BCUT2D eigenvalue weighted by Crippen LogP contribution is -2.45. The van der Waals surface area contributed by atoms with Crippen molar-refractivity contribution < 1.29 is 36.2 Å². The van der Waals surface area contributed by atoms with Gasteiger partial charge in [-0.25, -0.2) is 17.5 Å². The maximum atomic E-state index is 12.4. The molecule has 2 aliphatic heterocycles. The number of nitrogens with zero attached hydrogens (tertiary/aromatic N) is 2. The first-order valence-electron chi connectivity index (χ1n) is 9.86. The van der Waals surface area contributed by atoms with Crippen molar-refractivity contribution in [2.75, 3.05) is 33.4 Å². The zero-order valence-electron chi connectivity index (χ0n) is 17.1. The number of ether oxygens (including phenoxy) is 1. The Labute approximate surface area is 170 Å². The molecule has 0 aromatic heterocycles. The van der Waals surface area contributed by atoms with Gasteiger partial charge in [0.25, 0.3) is 0 Å². The molecule has 1 N–H and O–H groups in total. The van der Waals surface area contributed by atoms with E-state index >= 15 is 0 Å². The van der Waals surface area contributed by atoms with E-state index < -0.39 is 22.2 Å². The average Bonchev–Trinajstić information content (AvgIpc) is 3.41. The summed E-state index contributed by atoms with van der Waals surface area (Å²) in [6.45, 7) is 7.79. The van der Waals surface area contributed by atoms with Gasteiger partial charge in [0, 0.05) is 38.8 Å². The van der Waals surface area contributed by atoms with Crippen molar-refractivity contribution in [2.24, 2.45) is 5.41 Å². The van der Waals surface area contributed by atoms with Gasteiger partial charge in [0.2, 0.25) is 10.0 Å². The van der Waals surface area contributed by atoms with Crippen LogP contribution in [0.25, 0.3) is 0 Å². The SMILES string of the molecule is COCC1CC2(CCN(S(=O)(=O)C3CC3)CC2)CN1C(C)C.O=C(O)C(F)(F)F. The number of rotatable bonds is 5. The van der Waals surface area contributed by atoms with E-state index in [1.807, 2.05) is 0 Å². The molecule has 0 bridgehead atoms. The van der Waals surface area contributed by atoms with E-state index in [0.29, 0.717) is 30.6 Å². The van der Waals surface area contributed by atoms with E-state index in [2.05, 4.69) is 18.7 Å². The fraction of sp³-hybridized carbons (Fsp3) is 0.944. The second-order valence-electron chi connectivity index (χ2n) is 8.53. The summed E-state index contributed by atoms with van der Waals surface area (Å²) in [6.07, 6.45) is -0.205. The summed E-state index contributed by atoms with van der Waals surface area (Å²) >= 11 is 0. The van der Waals surface area contributed by atoms with E-state index in [-0.39, 0.29) is 5.25 Å². The van der Waals surface area contributed by atoms with Crippen LogP contribution in [0.3, 0.4) is 0 Å². The van der Waals surface area contributed by atoms with Crippen LogP contribution in [0.15, 0.2) is 0 Å². The first kappa shape index (κ1) is 24.4. The highest BCUT2D eigenvalue weighted by Gasteiger charge is 2.49. The number of hydrogen-bond donors (Lipinski definition) is 1. The van der Waals surface area contributed by atoms with Crippen molar-refractivity contribution in [1.29, 1.82) is 0 Å². The molecule has 3 rings (SSSR count). The molecule has 2 saturated heterocycles. The number of halogens is 3. The smallest absolute Gasteiger partial charge is 0.475 e. The molecule has 0 radical (unpaired) electrons. The van der Waals surface area contributed by atoms with Gasteiger partial charge in [-0.15, -0.1) is 0 Å². The van der Waals surface area contributed by atoms with Crippen LogP contribution in [-0.4, -0.2) is 85.6 Å². The first-order chi connectivity index (χ1) is 13.3. The number of aliphatic carboxylic acids is 1. The average molecular weight is 445 g/mol. The molecule has 1 unspecified atom stereocenters. The molecule has 3 aliphatic rings. The molecule has 1 spiro atoms. The van der Waals surface area contributed by atoms with Gasteiger partial charge in [0.1, 0.15) is 0 Å². The summed E-state index contributed by atoms with van der Waals surface area (Å²) < 4.78 is 63.7. The van der Waals surface area contributed by atoms with Gasteiger partial charge in [-0.05, 0) is 51.4 Å². The van der Waals surface area contributed by atoms with Gasteiger partial charge in [0.05, 0.1) is 11.9 Å². The van der Waals surface area contributed by atoms with Crippen LogP contribution >= 0.6 is 0 Å². The Morgan fingerprint density at radius 3 is 2.14 bits per heavy atom. The molecule has 1 saturated carbocycles. The lowest BCUT2D eigenvalue weighted by atomic mass is 9.77. The number of methoxy groups -OCH3 is 1. The highest BCUT2D eigenvalue weighted by atomic mass is 32.2. The van der Waals surface area contributed by atoms with Crippen molar-refractivity contribution in [3.63, 3.8) is 0 Å². The van der Waals surface area contributed by atoms with E-state index in [1.165, 1.54) is 0 Å². The summed E-state index contributed by atoms with van der Waals surface area (Å²) in [4.78, 5) is 11.4. The summed E-state index contributed by atoms with van der Waals surface area (Å²) in [6, 6.07) is 1.00. The predicted molar refractivity (Wildman–Crippen MR) is 101 cm³/mol. The number of hydrogen-bond acceptors (Lipinski definition) is 5. The molecule has 7 nitrogen and oxygen atoms in total. The minimum Gasteiger partial charge on any atom is -0.475 e. The Kier molecular flexibility index (Phi) is 7.62. The molecule has 0 amide bonds. The van der Waals surface area contributed by atoms with Gasteiger partial charge < -0.3 is 9.84 Å². The number of alkyl halides is 3. The molecule has 11 heteroatoms. The van der Waals surface area contributed by atoms with Gasteiger partial charge >= 0.3 is 12.1 Å². The molecule has 2 heterocycles. The number of carboxylic acids is 1. The number of likely N-dealkylation sites (tertiary alicyclic amines) is 1. The normalized spacial score (nSPS) is 25.8. The second kappa shape index (κ2) is 9.07. The summed E-state index contributed by atoms with van der Waals surface area (Å²) in [5.41, 5.74) is 0.295. The van der Waals surface area contributed by atoms with E-state index in [0.717, 1.165) is 45.3 Å². The first-order valence-corrected chi connectivity index (χ1v) is 11.4. The van der Waals surface area contributed by atoms with Crippen molar-refractivity contribution >= 4 is 16.0 Å². The van der Waals surface area contributed by atoms with Gasteiger partial charge in [-0.1, -0.05) is 0 Å². The Hall–Kier alpha value is -0.910. The quantitative estimate of drug-likeness (QED) is 0.700. The molecule has 3 fully saturated rings. The third kappa shape index (κ3) is 6.05. The van der Waals surface area contributed by atoms with Crippen LogP contribution in [0.5, 0.6) is 0 Å². The topological polar surface area (TPSA) is 87.2 Å². The molecule has 0 aromatic rings. The molecular formula is C18H31F3N2O5S. The van der Waals surface area contributed by atoms with Crippen molar-refractivity contribution in [3.8, 4) is 0 Å². The van der Waals surface area contributed by atoms with Gasteiger partial charge in [0.15, 0.2) is 0 Å². The zero-order valence-corrected chi connectivity index (χ0v) is 17.9. The number of sulfonamides is 1. The van der Waals surface area contributed by atoms with Crippen molar-refractivity contribution in [3.05, 3.63) is 0 Å². The fourth-order valence-electron chi connectivity index (χ4n) is 4.30. The third-order valence-corrected chi connectivity index (χ3v) is 8.41. The minimum atomic E-state index is -5.08. The fourth-order valence-corrected chi connectivity index (χ4v) is 6.15. The Bertz CT molecular complexity index is 671. The molecular weight excluding hydrogens is 413 g/mol. The van der Waals surface area contributed by atoms with Gasteiger partial charge in [-0.2, -0.15) is 13.2 Å². The minimum absolute atomic E-state index is 0.0708. The summed E-state index contributed by atoms with van der Waals surface area (Å²) in [7, 11) is -1.22. The lowest BCUT2D eigenvalue weighted by Gasteiger charge is -2.39. The highest BCUT2D eigenvalue weighted by Crippen LogP contribution is 2.45. The third-order valence-electron chi connectivity index (χ3n) is 6.01. The van der Waals surface area contributed by atoms with Crippen LogP contribution in [0.4, 0.5) is 13.2 Å². The molecule has 0 aromatic carbocycles. The Morgan fingerprint density at radius 1 is 1.24 bits per heavy atom. The molecule has 1 atom stereocenters. The Balaban J connectivity index is 0.000000370. The van der Waals surface area contributed by atoms with Crippen LogP contribution < -0.4 is 0 Å². The standard InChI is InChI=1S/C16H30N2O3S.C2HF3O2/c1-13(2)18-12-16(10-14(18)11-21-3)6-8-17(9-7-16)22(19,20)15-4-5-15;3-2(4,5)1(6)7/h13-15H,4-12H2,1-3H3;(H,6,7). The predicted octanol–water partition coefficient (Wildman–Crippen LogP) is 2.32. The van der Waals surface area contributed by atoms with Crippen molar-refractivity contribution in [2.45, 2.75) is 69.5 Å². The van der Waals surface area contributed by atoms with E-state index in [9.17, 15) is 21.6 Å². The van der Waals surface area contributed by atoms with E-state index in [4.69, 9.17) is 14.6 Å².